The lowest BCUT2D eigenvalue weighted by molar-refractivity contribution is -0.155. The van der Waals surface area contributed by atoms with Gasteiger partial charge in [0.25, 0.3) is 5.91 Å². The zero-order valence-corrected chi connectivity index (χ0v) is 28.2. The Morgan fingerprint density at radius 1 is 1.00 bits per heavy atom. The van der Waals surface area contributed by atoms with E-state index in [0.717, 1.165) is 24.8 Å². The first-order valence-corrected chi connectivity index (χ1v) is 17.1. The molecule has 6 rings (SSSR count). The van der Waals surface area contributed by atoms with Crippen LogP contribution in [0.15, 0.2) is 42.7 Å². The number of rotatable bonds is 11. The fourth-order valence-electron chi connectivity index (χ4n) is 7.78. The third-order valence-electron chi connectivity index (χ3n) is 11.0. The van der Waals surface area contributed by atoms with E-state index < -0.39 is 29.4 Å². The molecule has 0 unspecified atom stereocenters. The van der Waals surface area contributed by atoms with E-state index in [4.69, 9.17) is 9.47 Å². The van der Waals surface area contributed by atoms with Crippen LogP contribution >= 0.6 is 0 Å². The van der Waals surface area contributed by atoms with Gasteiger partial charge in [-0.2, -0.15) is 5.10 Å². The van der Waals surface area contributed by atoms with Crippen molar-refractivity contribution in [3.63, 3.8) is 0 Å². The van der Waals surface area contributed by atoms with Crippen LogP contribution in [0.1, 0.15) is 75.2 Å². The quantitative estimate of drug-likeness (QED) is 0.371. The van der Waals surface area contributed by atoms with Crippen LogP contribution in [0.25, 0.3) is 0 Å². The third-order valence-corrected chi connectivity index (χ3v) is 11.0. The number of nitrogens with one attached hydrogen (secondary N) is 1. The molecule has 1 aromatic carbocycles. The van der Waals surface area contributed by atoms with E-state index >= 15 is 0 Å². The lowest BCUT2D eigenvalue weighted by Crippen LogP contribution is -2.65. The van der Waals surface area contributed by atoms with Crippen LogP contribution in [-0.2, 0) is 30.4 Å². The minimum atomic E-state index is -0.987. The number of ether oxygens (including phenoxy) is 2. The molecule has 11 heteroatoms. The largest absolute Gasteiger partial charge is 0.467 e. The van der Waals surface area contributed by atoms with Gasteiger partial charge in [-0.1, -0.05) is 63.4 Å². The Labute approximate surface area is 277 Å². The maximum Gasteiger partial charge on any atom is 0.331 e. The number of esters is 1. The van der Waals surface area contributed by atoms with Gasteiger partial charge in [-0.15, -0.1) is 0 Å². The number of carbonyl (C=O) groups is 4. The van der Waals surface area contributed by atoms with Crippen LogP contribution in [-0.4, -0.2) is 95.3 Å². The molecule has 47 heavy (non-hydrogen) atoms. The van der Waals surface area contributed by atoms with Gasteiger partial charge in [-0.3, -0.25) is 19.1 Å². The molecule has 11 nitrogen and oxygen atoms in total. The highest BCUT2D eigenvalue weighted by Crippen LogP contribution is 2.54. The SMILES string of the molecule is COC(=O)[C@@H](NC(=O)[C@@H]1CN(C(=O)c2cnn(Cc3ccccc3)c2)CC12CN(C(=O)[C@H]1CC1(C)C)C2)[C@@H](C)OCC1CCCCC1. The average Bonchev–Trinajstić information content (AvgIpc) is 3.37. The number of hydrogen-bond donors (Lipinski definition) is 1. The van der Waals surface area contributed by atoms with Crippen molar-refractivity contribution in [2.45, 2.75) is 78.0 Å². The first-order chi connectivity index (χ1) is 22.5. The Kier molecular flexibility index (Phi) is 9.47. The van der Waals surface area contributed by atoms with Crippen LogP contribution in [0, 0.1) is 28.6 Å². The van der Waals surface area contributed by atoms with Crippen molar-refractivity contribution >= 4 is 23.7 Å². The topological polar surface area (TPSA) is 123 Å². The summed E-state index contributed by atoms with van der Waals surface area (Å²) in [6.07, 6.45) is 9.40. The molecule has 1 N–H and O–H groups in total. The smallest absolute Gasteiger partial charge is 0.331 e. The summed E-state index contributed by atoms with van der Waals surface area (Å²) < 4.78 is 13.0. The van der Waals surface area contributed by atoms with Crippen molar-refractivity contribution in [3.05, 3.63) is 53.9 Å². The number of hydrogen-bond acceptors (Lipinski definition) is 7. The first-order valence-electron chi connectivity index (χ1n) is 17.1. The lowest BCUT2D eigenvalue weighted by Gasteiger charge is -2.50. The maximum absolute atomic E-state index is 14.1. The molecule has 2 aliphatic carbocycles. The van der Waals surface area contributed by atoms with E-state index in [1.165, 1.54) is 26.4 Å². The minimum absolute atomic E-state index is 0.00427. The number of methoxy groups -OCH3 is 1. The van der Waals surface area contributed by atoms with Crippen molar-refractivity contribution in [3.8, 4) is 0 Å². The van der Waals surface area contributed by atoms with Crippen LogP contribution in [0.5, 0.6) is 0 Å². The van der Waals surface area contributed by atoms with E-state index in [9.17, 15) is 19.2 Å². The standard InChI is InChI=1S/C36H49N5O6/c1-24(47-20-26-13-9-6-10-14-26)30(34(45)46-4)38-31(42)29-19-39(21-36(29)22-40(23-36)33(44)28-15-35(28,2)3)32(43)27-16-37-41(18-27)17-25-11-7-5-8-12-25/h5,7-8,11-12,16,18,24,26,28-30H,6,9-10,13-15,17,19-23H2,1-4H3,(H,38,42)/t24-,28-,29+,30+/m1/s1. The highest BCUT2D eigenvalue weighted by Gasteiger charge is 2.62. The fourth-order valence-corrected chi connectivity index (χ4v) is 7.78. The summed E-state index contributed by atoms with van der Waals surface area (Å²) in [7, 11) is 1.31. The molecular formula is C36H49N5O6. The fraction of sp³-hybridized carbons (Fsp3) is 0.639. The monoisotopic (exact) mass is 647 g/mol. The van der Waals surface area contributed by atoms with Crippen molar-refractivity contribution in [1.82, 2.24) is 24.9 Å². The molecule has 2 saturated heterocycles. The second kappa shape index (κ2) is 13.4. The summed E-state index contributed by atoms with van der Waals surface area (Å²) in [6, 6.07) is 8.91. The van der Waals surface area contributed by atoms with Gasteiger partial charge in [0.05, 0.1) is 37.4 Å². The Hall–Kier alpha value is -3.73. The van der Waals surface area contributed by atoms with E-state index in [-0.39, 0.29) is 35.6 Å². The van der Waals surface area contributed by atoms with Crippen LogP contribution < -0.4 is 5.32 Å². The number of amides is 3. The number of carbonyl (C=O) groups excluding carboxylic acids is 4. The molecule has 3 amide bonds. The van der Waals surface area contributed by atoms with Crippen LogP contribution in [0.3, 0.4) is 0 Å². The summed E-state index contributed by atoms with van der Waals surface area (Å²) >= 11 is 0. The van der Waals surface area contributed by atoms with E-state index in [0.29, 0.717) is 44.3 Å². The lowest BCUT2D eigenvalue weighted by atomic mass is 9.70. The molecule has 2 saturated carbocycles. The molecule has 2 aromatic rings. The van der Waals surface area contributed by atoms with Gasteiger partial charge < -0.3 is 24.6 Å². The Morgan fingerprint density at radius 2 is 1.68 bits per heavy atom. The second-order valence-corrected chi connectivity index (χ2v) is 15.0. The highest BCUT2D eigenvalue weighted by atomic mass is 16.5. The molecule has 4 aliphatic rings. The van der Waals surface area contributed by atoms with Crippen molar-refractivity contribution in [2.24, 2.45) is 28.6 Å². The molecule has 4 fully saturated rings. The van der Waals surface area contributed by atoms with Gasteiger partial charge >= 0.3 is 5.97 Å². The van der Waals surface area contributed by atoms with Gasteiger partial charge in [0.15, 0.2) is 6.04 Å². The predicted molar refractivity (Wildman–Crippen MR) is 174 cm³/mol. The molecule has 3 heterocycles. The summed E-state index contributed by atoms with van der Waals surface area (Å²) in [5, 5.41) is 7.36. The van der Waals surface area contributed by atoms with Crippen molar-refractivity contribution < 1.29 is 28.7 Å². The molecule has 1 spiro atoms. The summed E-state index contributed by atoms with van der Waals surface area (Å²) in [5.74, 6) is -1.16. The molecule has 1 aromatic heterocycles. The first kappa shape index (κ1) is 33.2. The molecule has 0 radical (unpaired) electrons. The second-order valence-electron chi connectivity index (χ2n) is 15.0. The van der Waals surface area contributed by atoms with Gasteiger partial charge in [0.1, 0.15) is 0 Å². The molecular weight excluding hydrogens is 598 g/mol. The summed E-state index contributed by atoms with van der Waals surface area (Å²) in [4.78, 5) is 57.6. The molecule has 2 aliphatic heterocycles. The average molecular weight is 648 g/mol. The zero-order chi connectivity index (χ0) is 33.3. The third kappa shape index (κ3) is 7.10. The van der Waals surface area contributed by atoms with Gasteiger partial charge in [-0.25, -0.2) is 4.79 Å². The van der Waals surface area contributed by atoms with E-state index in [1.54, 1.807) is 28.9 Å². The maximum atomic E-state index is 14.1. The highest BCUT2D eigenvalue weighted by molar-refractivity contribution is 5.95. The Bertz CT molecular complexity index is 1460. The van der Waals surface area contributed by atoms with Gasteiger partial charge in [0.2, 0.25) is 11.8 Å². The van der Waals surface area contributed by atoms with Crippen LogP contribution in [0.2, 0.25) is 0 Å². The Balaban J connectivity index is 1.16. The summed E-state index contributed by atoms with van der Waals surface area (Å²) in [6.45, 7) is 8.35. The number of likely N-dealkylation sites (tertiary alicyclic amines) is 2. The number of aromatic nitrogens is 2. The van der Waals surface area contributed by atoms with Crippen molar-refractivity contribution in [1.29, 1.82) is 0 Å². The van der Waals surface area contributed by atoms with Gasteiger partial charge in [-0.05, 0) is 43.1 Å². The minimum Gasteiger partial charge on any atom is -0.467 e. The number of nitrogens with zero attached hydrogens (tertiary/aromatic N) is 4. The zero-order valence-electron chi connectivity index (χ0n) is 28.2. The Morgan fingerprint density at radius 3 is 2.34 bits per heavy atom. The number of benzene rings is 1. The van der Waals surface area contributed by atoms with Crippen molar-refractivity contribution in [2.75, 3.05) is 39.9 Å². The molecule has 254 valence electrons. The van der Waals surface area contributed by atoms with E-state index in [2.05, 4.69) is 24.3 Å². The van der Waals surface area contributed by atoms with Crippen LogP contribution in [0.4, 0.5) is 0 Å². The van der Waals surface area contributed by atoms with E-state index in [1.807, 2.05) is 35.2 Å². The summed E-state index contributed by atoms with van der Waals surface area (Å²) in [5.41, 5.74) is 0.903. The normalized spacial score (nSPS) is 24.3. The van der Waals surface area contributed by atoms with Gasteiger partial charge in [0, 0.05) is 50.3 Å². The molecule has 4 atom stereocenters. The molecule has 0 bridgehead atoms. The predicted octanol–water partition coefficient (Wildman–Crippen LogP) is 3.52.